The summed E-state index contributed by atoms with van der Waals surface area (Å²) < 4.78 is 4.83. The molecule has 4 heteroatoms. The SMILES string of the molecule is COCCC(=O)NC1CC(N)C1(C)C. The van der Waals surface area contributed by atoms with Crippen molar-refractivity contribution in [2.75, 3.05) is 13.7 Å². The van der Waals surface area contributed by atoms with Crippen LogP contribution in [0.1, 0.15) is 26.7 Å². The van der Waals surface area contributed by atoms with E-state index in [2.05, 4.69) is 19.2 Å². The fourth-order valence-electron chi connectivity index (χ4n) is 1.67. The van der Waals surface area contributed by atoms with Crippen molar-refractivity contribution in [3.8, 4) is 0 Å². The van der Waals surface area contributed by atoms with E-state index < -0.39 is 0 Å². The summed E-state index contributed by atoms with van der Waals surface area (Å²) in [5, 5.41) is 2.97. The van der Waals surface area contributed by atoms with E-state index in [4.69, 9.17) is 10.5 Å². The van der Waals surface area contributed by atoms with Crippen molar-refractivity contribution in [2.45, 2.75) is 38.8 Å². The molecule has 0 aromatic carbocycles. The fraction of sp³-hybridized carbons (Fsp3) is 0.900. The number of nitrogens with two attached hydrogens (primary N) is 1. The van der Waals surface area contributed by atoms with E-state index >= 15 is 0 Å². The Hall–Kier alpha value is -0.610. The highest BCUT2D eigenvalue weighted by molar-refractivity contribution is 5.76. The van der Waals surface area contributed by atoms with E-state index in [0.29, 0.717) is 13.0 Å². The molecule has 0 radical (unpaired) electrons. The van der Waals surface area contributed by atoms with Gasteiger partial charge in [0.2, 0.25) is 5.91 Å². The number of hydrogen-bond donors (Lipinski definition) is 2. The molecule has 2 unspecified atom stereocenters. The number of rotatable bonds is 4. The Balaban J connectivity index is 2.29. The van der Waals surface area contributed by atoms with Crippen molar-refractivity contribution in [2.24, 2.45) is 11.1 Å². The van der Waals surface area contributed by atoms with Crippen LogP contribution in [0.3, 0.4) is 0 Å². The molecule has 1 fully saturated rings. The van der Waals surface area contributed by atoms with Gasteiger partial charge in [-0.2, -0.15) is 0 Å². The minimum Gasteiger partial charge on any atom is -0.384 e. The lowest BCUT2D eigenvalue weighted by molar-refractivity contribution is -0.125. The first-order chi connectivity index (χ1) is 6.48. The van der Waals surface area contributed by atoms with Gasteiger partial charge in [0, 0.05) is 31.0 Å². The monoisotopic (exact) mass is 200 g/mol. The molecule has 14 heavy (non-hydrogen) atoms. The van der Waals surface area contributed by atoms with Gasteiger partial charge in [-0.15, -0.1) is 0 Å². The Morgan fingerprint density at radius 2 is 2.29 bits per heavy atom. The van der Waals surface area contributed by atoms with E-state index in [-0.39, 0.29) is 23.4 Å². The Labute approximate surface area is 85.2 Å². The second-order valence-corrected chi connectivity index (χ2v) is 4.53. The third-order valence-corrected chi connectivity index (χ3v) is 3.21. The maximum atomic E-state index is 11.4. The van der Waals surface area contributed by atoms with Crippen LogP contribution in [0.25, 0.3) is 0 Å². The van der Waals surface area contributed by atoms with Crippen molar-refractivity contribution in [1.29, 1.82) is 0 Å². The number of amides is 1. The molecule has 2 atom stereocenters. The lowest BCUT2D eigenvalue weighted by Gasteiger charge is -2.50. The van der Waals surface area contributed by atoms with E-state index in [1.54, 1.807) is 7.11 Å². The number of carbonyl (C=O) groups excluding carboxylic acids is 1. The van der Waals surface area contributed by atoms with Gasteiger partial charge in [-0.1, -0.05) is 13.8 Å². The summed E-state index contributed by atoms with van der Waals surface area (Å²) in [6, 6.07) is 0.428. The van der Waals surface area contributed by atoms with Gasteiger partial charge in [-0.25, -0.2) is 0 Å². The molecular weight excluding hydrogens is 180 g/mol. The molecule has 0 aromatic rings. The maximum Gasteiger partial charge on any atom is 0.222 e. The summed E-state index contributed by atoms with van der Waals surface area (Å²) in [4.78, 5) is 11.4. The Bertz CT molecular complexity index is 216. The topological polar surface area (TPSA) is 64.3 Å². The maximum absolute atomic E-state index is 11.4. The van der Waals surface area contributed by atoms with Gasteiger partial charge < -0.3 is 15.8 Å². The van der Waals surface area contributed by atoms with Crippen LogP contribution in [-0.2, 0) is 9.53 Å². The Kier molecular flexibility index (Phi) is 3.50. The third kappa shape index (κ3) is 2.25. The van der Waals surface area contributed by atoms with Gasteiger partial charge in [0.25, 0.3) is 0 Å². The van der Waals surface area contributed by atoms with E-state index in [9.17, 15) is 4.79 Å². The summed E-state index contributed by atoms with van der Waals surface area (Å²) >= 11 is 0. The van der Waals surface area contributed by atoms with Crippen LogP contribution in [0.15, 0.2) is 0 Å². The molecule has 3 N–H and O–H groups in total. The molecule has 0 spiro atoms. The van der Waals surface area contributed by atoms with E-state index in [1.165, 1.54) is 0 Å². The van der Waals surface area contributed by atoms with Crippen LogP contribution in [-0.4, -0.2) is 31.7 Å². The first-order valence-electron chi connectivity index (χ1n) is 5.02. The largest absolute Gasteiger partial charge is 0.384 e. The third-order valence-electron chi connectivity index (χ3n) is 3.21. The summed E-state index contributed by atoms with van der Waals surface area (Å²) in [6.07, 6.45) is 1.31. The Morgan fingerprint density at radius 3 is 2.71 bits per heavy atom. The highest BCUT2D eigenvalue weighted by atomic mass is 16.5. The highest BCUT2D eigenvalue weighted by Crippen LogP contribution is 2.38. The predicted molar refractivity (Wildman–Crippen MR) is 54.8 cm³/mol. The quantitative estimate of drug-likeness (QED) is 0.684. The molecule has 4 nitrogen and oxygen atoms in total. The van der Waals surface area contributed by atoms with Crippen molar-refractivity contribution in [3.05, 3.63) is 0 Å². The van der Waals surface area contributed by atoms with Crippen LogP contribution in [0.4, 0.5) is 0 Å². The van der Waals surface area contributed by atoms with Gasteiger partial charge in [-0.05, 0) is 6.42 Å². The molecule has 0 saturated heterocycles. The summed E-state index contributed by atoms with van der Waals surface area (Å²) in [7, 11) is 1.59. The number of ether oxygens (including phenoxy) is 1. The lowest BCUT2D eigenvalue weighted by atomic mass is 9.63. The highest BCUT2D eigenvalue weighted by Gasteiger charge is 2.46. The average molecular weight is 200 g/mol. The summed E-state index contributed by atoms with van der Waals surface area (Å²) in [5.41, 5.74) is 5.88. The average Bonchev–Trinajstić information content (AvgIpc) is 2.14. The zero-order valence-electron chi connectivity index (χ0n) is 9.17. The van der Waals surface area contributed by atoms with E-state index in [1.807, 2.05) is 0 Å². The molecule has 1 rings (SSSR count). The molecule has 82 valence electrons. The van der Waals surface area contributed by atoms with Crippen LogP contribution < -0.4 is 11.1 Å². The van der Waals surface area contributed by atoms with Crippen LogP contribution in [0, 0.1) is 5.41 Å². The molecule has 0 aliphatic heterocycles. The number of methoxy groups -OCH3 is 1. The summed E-state index contributed by atoms with van der Waals surface area (Å²) in [6.45, 7) is 4.65. The number of nitrogens with one attached hydrogen (secondary N) is 1. The van der Waals surface area contributed by atoms with Gasteiger partial charge in [0.1, 0.15) is 0 Å². The Morgan fingerprint density at radius 1 is 1.64 bits per heavy atom. The number of hydrogen-bond acceptors (Lipinski definition) is 3. The first kappa shape index (κ1) is 11.5. The fourth-order valence-corrected chi connectivity index (χ4v) is 1.67. The van der Waals surface area contributed by atoms with Crippen molar-refractivity contribution in [1.82, 2.24) is 5.32 Å². The van der Waals surface area contributed by atoms with Crippen LogP contribution >= 0.6 is 0 Å². The van der Waals surface area contributed by atoms with Gasteiger partial charge in [0.15, 0.2) is 0 Å². The van der Waals surface area contributed by atoms with Gasteiger partial charge in [0.05, 0.1) is 6.61 Å². The normalized spacial score (nSPS) is 29.4. The molecule has 0 heterocycles. The van der Waals surface area contributed by atoms with Gasteiger partial charge >= 0.3 is 0 Å². The predicted octanol–water partition coefficient (Wildman–Crippen LogP) is 0.265. The van der Waals surface area contributed by atoms with E-state index in [0.717, 1.165) is 6.42 Å². The zero-order valence-corrected chi connectivity index (χ0v) is 9.17. The molecule has 0 aromatic heterocycles. The minimum atomic E-state index is 0.0305. The van der Waals surface area contributed by atoms with Crippen molar-refractivity contribution < 1.29 is 9.53 Å². The number of carbonyl (C=O) groups is 1. The molecular formula is C10H20N2O2. The molecule has 0 bridgehead atoms. The van der Waals surface area contributed by atoms with Crippen LogP contribution in [0.2, 0.25) is 0 Å². The first-order valence-corrected chi connectivity index (χ1v) is 5.02. The molecule has 1 aliphatic rings. The van der Waals surface area contributed by atoms with Crippen molar-refractivity contribution in [3.63, 3.8) is 0 Å². The standard InChI is InChI=1S/C10H20N2O2/c1-10(2)7(11)6-8(10)12-9(13)4-5-14-3/h7-8H,4-6,11H2,1-3H3,(H,12,13). The molecule has 1 aliphatic carbocycles. The second-order valence-electron chi connectivity index (χ2n) is 4.53. The smallest absolute Gasteiger partial charge is 0.222 e. The minimum absolute atomic E-state index is 0.0305. The second kappa shape index (κ2) is 4.28. The molecule has 1 saturated carbocycles. The zero-order chi connectivity index (χ0) is 10.8. The van der Waals surface area contributed by atoms with Crippen molar-refractivity contribution >= 4 is 5.91 Å². The summed E-state index contributed by atoms with van der Waals surface area (Å²) in [5.74, 6) is 0.0526. The van der Waals surface area contributed by atoms with Gasteiger partial charge in [-0.3, -0.25) is 4.79 Å². The van der Waals surface area contributed by atoms with Crippen LogP contribution in [0.5, 0.6) is 0 Å². The lowest BCUT2D eigenvalue weighted by Crippen LogP contribution is -2.64. The molecule has 1 amide bonds.